The van der Waals surface area contributed by atoms with E-state index in [1.165, 1.54) is 0 Å². The number of H-pyrrole nitrogens is 1. The van der Waals surface area contributed by atoms with Gasteiger partial charge in [0.2, 0.25) is 11.8 Å². The summed E-state index contributed by atoms with van der Waals surface area (Å²) in [6, 6.07) is 28.8. The van der Waals surface area contributed by atoms with Crippen LogP contribution in [0.15, 0.2) is 94.9 Å². The Labute approximate surface area is 191 Å². The Balaban J connectivity index is 1.37. The van der Waals surface area contributed by atoms with Gasteiger partial charge in [0.05, 0.1) is 10.7 Å². The van der Waals surface area contributed by atoms with Crippen molar-refractivity contribution in [2.24, 2.45) is 9.98 Å². The summed E-state index contributed by atoms with van der Waals surface area (Å²) in [5, 5.41) is 4.14. The first-order valence-electron chi connectivity index (χ1n) is 11.1. The number of benzene rings is 3. The minimum atomic E-state index is 0.0286. The van der Waals surface area contributed by atoms with Crippen molar-refractivity contribution in [2.75, 3.05) is 13.2 Å². The van der Waals surface area contributed by atoms with Crippen LogP contribution in [-0.4, -0.2) is 30.0 Å². The smallest absolute Gasteiger partial charge is 0.211 e. The number of ether oxygens (including phenoxy) is 2. The van der Waals surface area contributed by atoms with E-state index in [-0.39, 0.29) is 12.1 Å². The molecule has 0 spiro atoms. The molecule has 0 aliphatic carbocycles. The summed E-state index contributed by atoms with van der Waals surface area (Å²) in [5.74, 6) is 1.28. The Morgan fingerprint density at radius 1 is 0.606 bits per heavy atom. The molecule has 0 unspecified atom stereocenters. The van der Waals surface area contributed by atoms with Crippen molar-refractivity contribution in [1.82, 2.24) is 4.98 Å². The van der Waals surface area contributed by atoms with Gasteiger partial charge in [-0.15, -0.1) is 0 Å². The zero-order valence-electron chi connectivity index (χ0n) is 18.0. The Bertz CT molecular complexity index is 1360. The quantitative estimate of drug-likeness (QED) is 0.528. The molecule has 0 fully saturated rings. The minimum absolute atomic E-state index is 0.0286. The largest absolute Gasteiger partial charge is 0.475 e. The normalized spacial score (nSPS) is 21.1. The van der Waals surface area contributed by atoms with Crippen LogP contribution in [0.5, 0.6) is 0 Å². The van der Waals surface area contributed by atoms with Crippen molar-refractivity contribution >= 4 is 34.7 Å². The number of nitrogens with zero attached hydrogens (tertiary/aromatic N) is 2. The molecule has 2 atom stereocenters. The van der Waals surface area contributed by atoms with Crippen molar-refractivity contribution < 1.29 is 9.47 Å². The van der Waals surface area contributed by atoms with Crippen LogP contribution in [0.2, 0.25) is 0 Å². The molecule has 4 aromatic rings. The van der Waals surface area contributed by atoms with Gasteiger partial charge >= 0.3 is 0 Å². The Hall–Kier alpha value is -4.12. The molecule has 5 nitrogen and oxygen atoms in total. The predicted molar refractivity (Wildman–Crippen MR) is 132 cm³/mol. The van der Waals surface area contributed by atoms with E-state index in [1.54, 1.807) is 0 Å². The van der Waals surface area contributed by atoms with Crippen LogP contribution in [0.4, 0.5) is 0 Å². The zero-order valence-corrected chi connectivity index (χ0v) is 18.0. The van der Waals surface area contributed by atoms with Crippen molar-refractivity contribution in [3.05, 3.63) is 107 Å². The summed E-state index contributed by atoms with van der Waals surface area (Å²) in [7, 11) is 0. The van der Waals surface area contributed by atoms with Gasteiger partial charge in [0.1, 0.15) is 25.3 Å². The fraction of sp³-hybridized carbons (Fsp3) is 0.143. The number of aliphatic imine (C=N–C) groups is 2. The van der Waals surface area contributed by atoms with Crippen molar-refractivity contribution in [3.63, 3.8) is 0 Å². The van der Waals surface area contributed by atoms with Gasteiger partial charge < -0.3 is 14.5 Å². The summed E-state index contributed by atoms with van der Waals surface area (Å²) in [6.45, 7) is 1.11. The molecule has 0 saturated heterocycles. The van der Waals surface area contributed by atoms with Crippen LogP contribution in [0.3, 0.4) is 0 Å². The number of fused-ring (bicyclic) bond motifs is 1. The molecule has 0 radical (unpaired) electrons. The average Bonchev–Trinajstić information content (AvgIpc) is 3.61. The molecule has 2 aliphatic rings. The monoisotopic (exact) mass is 433 g/mol. The number of aromatic amines is 1. The van der Waals surface area contributed by atoms with E-state index in [1.807, 2.05) is 60.7 Å². The maximum Gasteiger partial charge on any atom is 0.211 e. The second-order valence-corrected chi connectivity index (χ2v) is 8.20. The molecule has 0 amide bonds. The van der Waals surface area contributed by atoms with Crippen LogP contribution in [0.1, 0.15) is 23.2 Å². The summed E-state index contributed by atoms with van der Waals surface area (Å²) in [4.78, 5) is 13.1. The number of hydrogen-bond acceptors (Lipinski definition) is 4. The lowest BCUT2D eigenvalue weighted by atomic mass is 10.1. The fourth-order valence-corrected chi connectivity index (χ4v) is 4.34. The standard InChI is InChI=1S/C28H23N3O2/c1-3-9-19(10-4-1)25-17-32-27(30-25)15-23-21-13-7-8-14-22(21)24(29-23)16-28-31-26(18-33-28)20-11-5-2-6-12-20/h1-16,25-26,29H,17-18H2/b23-15+,24-16+/t25-,26-/m1/s1. The van der Waals surface area contributed by atoms with Crippen LogP contribution in [0.25, 0.3) is 22.9 Å². The van der Waals surface area contributed by atoms with Crippen molar-refractivity contribution in [1.29, 1.82) is 0 Å². The maximum atomic E-state index is 5.89. The topological polar surface area (TPSA) is 59.0 Å². The van der Waals surface area contributed by atoms with Gasteiger partial charge in [-0.3, -0.25) is 0 Å². The van der Waals surface area contributed by atoms with Crippen LogP contribution in [-0.2, 0) is 9.47 Å². The van der Waals surface area contributed by atoms with Crippen LogP contribution in [0, 0.1) is 0 Å². The third-order valence-electron chi connectivity index (χ3n) is 6.03. The van der Waals surface area contributed by atoms with Gasteiger partial charge in [0.15, 0.2) is 0 Å². The van der Waals surface area contributed by atoms with E-state index < -0.39 is 0 Å². The molecule has 2 aliphatic heterocycles. The van der Waals surface area contributed by atoms with Gasteiger partial charge in [-0.2, -0.15) is 0 Å². The highest BCUT2D eigenvalue weighted by atomic mass is 16.5. The zero-order chi connectivity index (χ0) is 22.0. The van der Waals surface area contributed by atoms with Gasteiger partial charge in [-0.05, 0) is 11.1 Å². The third-order valence-corrected chi connectivity index (χ3v) is 6.03. The first-order chi connectivity index (χ1) is 16.3. The second kappa shape index (κ2) is 8.43. The highest BCUT2D eigenvalue weighted by molar-refractivity contribution is 6.09. The first-order valence-corrected chi connectivity index (χ1v) is 11.1. The van der Waals surface area contributed by atoms with E-state index in [0.29, 0.717) is 25.0 Å². The second-order valence-electron chi connectivity index (χ2n) is 8.20. The predicted octanol–water partition coefficient (Wildman–Crippen LogP) is 4.07. The first kappa shape index (κ1) is 19.6. The maximum absolute atomic E-state index is 5.89. The molecule has 3 aromatic carbocycles. The van der Waals surface area contributed by atoms with Gasteiger partial charge in [-0.1, -0.05) is 84.9 Å². The van der Waals surface area contributed by atoms with Crippen molar-refractivity contribution in [2.45, 2.75) is 12.1 Å². The molecule has 162 valence electrons. The molecular formula is C28H23N3O2. The summed E-state index contributed by atoms with van der Waals surface area (Å²) < 4.78 is 11.8. The number of aromatic nitrogens is 1. The van der Waals surface area contributed by atoms with E-state index in [2.05, 4.69) is 41.4 Å². The lowest BCUT2D eigenvalue weighted by Crippen LogP contribution is -2.14. The average molecular weight is 434 g/mol. The van der Waals surface area contributed by atoms with E-state index in [0.717, 1.165) is 32.6 Å². The molecule has 5 heteroatoms. The summed E-state index contributed by atoms with van der Waals surface area (Å²) >= 11 is 0. The molecule has 1 aromatic heterocycles. The van der Waals surface area contributed by atoms with Crippen LogP contribution < -0.4 is 10.7 Å². The lowest BCUT2D eigenvalue weighted by Gasteiger charge is -2.03. The van der Waals surface area contributed by atoms with Gasteiger partial charge in [0, 0.05) is 22.9 Å². The molecule has 3 heterocycles. The number of hydrogen-bond donors (Lipinski definition) is 1. The van der Waals surface area contributed by atoms with Crippen LogP contribution >= 0.6 is 0 Å². The molecule has 33 heavy (non-hydrogen) atoms. The summed E-state index contributed by atoms with van der Waals surface area (Å²) in [5.41, 5.74) is 2.33. The van der Waals surface area contributed by atoms with Crippen molar-refractivity contribution in [3.8, 4) is 0 Å². The Morgan fingerprint density at radius 2 is 1.03 bits per heavy atom. The molecule has 6 rings (SSSR count). The highest BCUT2D eigenvalue weighted by Gasteiger charge is 2.20. The van der Waals surface area contributed by atoms with E-state index in [4.69, 9.17) is 19.5 Å². The van der Waals surface area contributed by atoms with E-state index >= 15 is 0 Å². The summed E-state index contributed by atoms with van der Waals surface area (Å²) in [6.07, 6.45) is 3.96. The molecule has 0 bridgehead atoms. The van der Waals surface area contributed by atoms with Gasteiger partial charge in [0.25, 0.3) is 0 Å². The number of rotatable bonds is 4. The van der Waals surface area contributed by atoms with Gasteiger partial charge in [-0.25, -0.2) is 9.98 Å². The SMILES string of the molecule is C(/C1=N[C@@H](c2ccccc2)CO1)=c1\[nH]/c(=C/C2=N[C@@H](c3ccccc3)CO2)c2ccccc12. The lowest BCUT2D eigenvalue weighted by molar-refractivity contribution is 0.323. The number of nitrogens with one attached hydrogen (secondary N) is 1. The minimum Gasteiger partial charge on any atom is -0.475 e. The Morgan fingerprint density at radius 3 is 1.48 bits per heavy atom. The fourth-order valence-electron chi connectivity index (χ4n) is 4.34. The molecule has 1 N–H and O–H groups in total. The Kier molecular flexibility index (Phi) is 5.00. The van der Waals surface area contributed by atoms with E-state index in [9.17, 15) is 0 Å². The molecular weight excluding hydrogens is 410 g/mol. The molecule has 0 saturated carbocycles. The highest BCUT2D eigenvalue weighted by Crippen LogP contribution is 2.24. The third kappa shape index (κ3) is 3.94.